The topological polar surface area (TPSA) is 63.1 Å². The van der Waals surface area contributed by atoms with Crippen LogP contribution in [0.2, 0.25) is 0 Å². The Hall–Kier alpha value is -2.21. The summed E-state index contributed by atoms with van der Waals surface area (Å²) in [6.07, 6.45) is 2.65. The number of fused-ring (bicyclic) bond motifs is 2. The SMILES string of the molecule is O=C(c1cccc2c1CCNC2)N1CCn2cnnc2C1. The zero-order chi connectivity index (χ0) is 14.2. The van der Waals surface area contributed by atoms with Crippen molar-refractivity contribution in [2.24, 2.45) is 0 Å². The lowest BCUT2D eigenvalue weighted by atomic mass is 9.94. The fourth-order valence-corrected chi connectivity index (χ4v) is 3.14. The molecule has 0 radical (unpaired) electrons. The first-order chi connectivity index (χ1) is 10.3. The van der Waals surface area contributed by atoms with E-state index in [4.69, 9.17) is 0 Å². The molecule has 1 N–H and O–H groups in total. The van der Waals surface area contributed by atoms with Crippen LogP contribution in [-0.2, 0) is 26.1 Å². The molecule has 2 aliphatic heterocycles. The van der Waals surface area contributed by atoms with Gasteiger partial charge < -0.3 is 14.8 Å². The average molecular weight is 283 g/mol. The van der Waals surface area contributed by atoms with Gasteiger partial charge >= 0.3 is 0 Å². The molecule has 0 unspecified atom stereocenters. The van der Waals surface area contributed by atoms with E-state index in [0.29, 0.717) is 13.1 Å². The molecule has 0 atom stereocenters. The lowest BCUT2D eigenvalue weighted by Gasteiger charge is -2.29. The van der Waals surface area contributed by atoms with Gasteiger partial charge in [-0.05, 0) is 30.2 Å². The number of carbonyl (C=O) groups excluding carboxylic acids is 1. The molecule has 0 aliphatic carbocycles. The van der Waals surface area contributed by atoms with E-state index in [1.165, 1.54) is 11.1 Å². The molecule has 0 saturated heterocycles. The van der Waals surface area contributed by atoms with Crippen LogP contribution in [0.5, 0.6) is 0 Å². The Kier molecular flexibility index (Phi) is 2.96. The van der Waals surface area contributed by atoms with Gasteiger partial charge in [-0.3, -0.25) is 4.79 Å². The van der Waals surface area contributed by atoms with E-state index >= 15 is 0 Å². The number of amides is 1. The van der Waals surface area contributed by atoms with Crippen molar-refractivity contribution in [2.45, 2.75) is 26.1 Å². The lowest BCUT2D eigenvalue weighted by Crippen LogP contribution is -2.39. The van der Waals surface area contributed by atoms with Crippen molar-refractivity contribution >= 4 is 5.91 Å². The van der Waals surface area contributed by atoms with Crippen molar-refractivity contribution in [2.75, 3.05) is 13.1 Å². The highest BCUT2D eigenvalue weighted by molar-refractivity contribution is 5.96. The summed E-state index contributed by atoms with van der Waals surface area (Å²) in [5.41, 5.74) is 3.29. The quantitative estimate of drug-likeness (QED) is 0.831. The predicted octanol–water partition coefficient (Wildman–Crippen LogP) is 0.580. The number of nitrogens with one attached hydrogen (secondary N) is 1. The van der Waals surface area contributed by atoms with Crippen molar-refractivity contribution in [3.8, 4) is 0 Å². The van der Waals surface area contributed by atoms with Crippen LogP contribution in [0.4, 0.5) is 0 Å². The van der Waals surface area contributed by atoms with Crippen molar-refractivity contribution in [3.63, 3.8) is 0 Å². The average Bonchev–Trinajstić information content (AvgIpc) is 3.01. The Morgan fingerprint density at radius 1 is 1.29 bits per heavy atom. The molecule has 0 fully saturated rings. The summed E-state index contributed by atoms with van der Waals surface area (Å²) in [5, 5.41) is 11.3. The molecule has 2 aromatic rings. The van der Waals surface area contributed by atoms with Gasteiger partial charge in [0, 0.05) is 25.2 Å². The number of nitrogens with zero attached hydrogens (tertiary/aromatic N) is 4. The maximum atomic E-state index is 12.9. The highest BCUT2D eigenvalue weighted by Crippen LogP contribution is 2.21. The minimum atomic E-state index is 0.114. The Labute approximate surface area is 122 Å². The van der Waals surface area contributed by atoms with Crippen LogP contribution in [-0.4, -0.2) is 38.7 Å². The molecular formula is C15H17N5O. The first-order valence-corrected chi connectivity index (χ1v) is 7.30. The van der Waals surface area contributed by atoms with Crippen molar-refractivity contribution in [3.05, 3.63) is 47.0 Å². The summed E-state index contributed by atoms with van der Waals surface area (Å²) in [7, 11) is 0. The van der Waals surface area contributed by atoms with Gasteiger partial charge in [0.2, 0.25) is 0 Å². The van der Waals surface area contributed by atoms with E-state index in [9.17, 15) is 4.79 Å². The largest absolute Gasteiger partial charge is 0.329 e. The zero-order valence-corrected chi connectivity index (χ0v) is 11.7. The van der Waals surface area contributed by atoms with Crippen LogP contribution < -0.4 is 5.32 Å². The van der Waals surface area contributed by atoms with E-state index in [0.717, 1.165) is 37.4 Å². The molecule has 21 heavy (non-hydrogen) atoms. The molecule has 2 aliphatic rings. The molecule has 1 aromatic heterocycles. The van der Waals surface area contributed by atoms with Crippen molar-refractivity contribution in [1.29, 1.82) is 0 Å². The number of carbonyl (C=O) groups is 1. The van der Waals surface area contributed by atoms with Crippen LogP contribution in [0, 0.1) is 0 Å². The second-order valence-electron chi connectivity index (χ2n) is 5.54. The molecule has 1 amide bonds. The van der Waals surface area contributed by atoms with Crippen molar-refractivity contribution < 1.29 is 4.79 Å². The third kappa shape index (κ3) is 2.12. The van der Waals surface area contributed by atoms with E-state index < -0.39 is 0 Å². The van der Waals surface area contributed by atoms with Crippen LogP contribution in [0.25, 0.3) is 0 Å². The molecule has 4 rings (SSSR count). The van der Waals surface area contributed by atoms with Gasteiger partial charge in [-0.25, -0.2) is 0 Å². The van der Waals surface area contributed by atoms with Gasteiger partial charge in [-0.15, -0.1) is 10.2 Å². The second-order valence-corrected chi connectivity index (χ2v) is 5.54. The van der Waals surface area contributed by atoms with Gasteiger partial charge in [-0.2, -0.15) is 0 Å². The summed E-state index contributed by atoms with van der Waals surface area (Å²) in [5.74, 6) is 0.976. The third-order valence-corrected chi connectivity index (χ3v) is 4.30. The minimum absolute atomic E-state index is 0.114. The summed E-state index contributed by atoms with van der Waals surface area (Å²) in [6, 6.07) is 6.03. The molecule has 0 saturated carbocycles. The predicted molar refractivity (Wildman–Crippen MR) is 76.6 cm³/mol. The Morgan fingerprint density at radius 2 is 2.24 bits per heavy atom. The van der Waals surface area contributed by atoms with Crippen LogP contribution in [0.1, 0.15) is 27.3 Å². The van der Waals surface area contributed by atoms with Gasteiger partial charge in [0.15, 0.2) is 5.82 Å². The van der Waals surface area contributed by atoms with E-state index in [1.54, 1.807) is 6.33 Å². The summed E-state index contributed by atoms with van der Waals surface area (Å²) < 4.78 is 2.01. The molecule has 1 aromatic carbocycles. The maximum absolute atomic E-state index is 12.9. The molecular weight excluding hydrogens is 266 g/mol. The summed E-state index contributed by atoms with van der Waals surface area (Å²) in [6.45, 7) is 3.81. The van der Waals surface area contributed by atoms with Gasteiger partial charge in [-0.1, -0.05) is 12.1 Å². The minimum Gasteiger partial charge on any atom is -0.329 e. The van der Waals surface area contributed by atoms with Gasteiger partial charge in [0.1, 0.15) is 6.33 Å². The zero-order valence-electron chi connectivity index (χ0n) is 11.7. The summed E-state index contributed by atoms with van der Waals surface area (Å²) >= 11 is 0. The van der Waals surface area contributed by atoms with E-state index in [2.05, 4.69) is 21.6 Å². The molecule has 3 heterocycles. The Morgan fingerprint density at radius 3 is 3.19 bits per heavy atom. The highest BCUT2D eigenvalue weighted by atomic mass is 16.2. The lowest BCUT2D eigenvalue weighted by molar-refractivity contribution is 0.0706. The fourth-order valence-electron chi connectivity index (χ4n) is 3.14. The summed E-state index contributed by atoms with van der Waals surface area (Å²) in [4.78, 5) is 14.7. The van der Waals surface area contributed by atoms with Crippen molar-refractivity contribution in [1.82, 2.24) is 25.0 Å². The standard InChI is InChI=1S/C15H17N5O/c21-15(19-6-7-20-10-17-18-14(20)9-19)13-3-1-2-11-8-16-5-4-12(11)13/h1-3,10,16H,4-9H2. The smallest absolute Gasteiger partial charge is 0.254 e. The highest BCUT2D eigenvalue weighted by Gasteiger charge is 2.25. The number of rotatable bonds is 1. The number of hydrogen-bond donors (Lipinski definition) is 1. The fraction of sp³-hybridized carbons (Fsp3) is 0.400. The number of hydrogen-bond acceptors (Lipinski definition) is 4. The molecule has 6 nitrogen and oxygen atoms in total. The van der Waals surface area contributed by atoms with Crippen LogP contribution in [0.15, 0.2) is 24.5 Å². The molecule has 0 spiro atoms. The molecule has 6 heteroatoms. The monoisotopic (exact) mass is 283 g/mol. The maximum Gasteiger partial charge on any atom is 0.254 e. The van der Waals surface area contributed by atoms with E-state index in [-0.39, 0.29) is 5.91 Å². The second kappa shape index (κ2) is 4.96. The Balaban J connectivity index is 1.64. The van der Waals surface area contributed by atoms with Gasteiger partial charge in [0.25, 0.3) is 5.91 Å². The number of aromatic nitrogens is 3. The normalized spacial score (nSPS) is 17.2. The first kappa shape index (κ1) is 12.5. The molecule has 0 bridgehead atoms. The molecule has 108 valence electrons. The third-order valence-electron chi connectivity index (χ3n) is 4.30. The Bertz CT molecular complexity index is 693. The van der Waals surface area contributed by atoms with Crippen LogP contribution >= 0.6 is 0 Å². The number of benzene rings is 1. The van der Waals surface area contributed by atoms with E-state index in [1.807, 2.05) is 21.6 Å². The van der Waals surface area contributed by atoms with Gasteiger partial charge in [0.05, 0.1) is 6.54 Å². The van der Waals surface area contributed by atoms with Crippen LogP contribution in [0.3, 0.4) is 0 Å². The first-order valence-electron chi connectivity index (χ1n) is 7.30.